The molecule has 0 atom stereocenters. The van der Waals surface area contributed by atoms with Crippen LogP contribution in [-0.2, 0) is 11.3 Å². The van der Waals surface area contributed by atoms with E-state index in [4.69, 9.17) is 9.84 Å². The number of anilines is 1. The average Bonchev–Trinajstić information content (AvgIpc) is 3.12. The Morgan fingerprint density at radius 3 is 3.24 bits per heavy atom. The molecule has 0 aliphatic rings. The first kappa shape index (κ1) is 15.3. The number of methoxy groups -OCH3 is 1. The lowest BCUT2D eigenvalue weighted by Gasteiger charge is -2.00. The molecule has 6 nitrogen and oxygen atoms in total. The molecule has 1 amide bonds. The Bertz CT molecular complexity index is 666. The summed E-state index contributed by atoms with van der Waals surface area (Å²) in [6, 6.07) is 1.69. The van der Waals surface area contributed by atoms with Gasteiger partial charge in [0.05, 0.1) is 35.5 Å². The number of aromatic nitrogens is 2. The molecule has 0 fully saturated rings. The number of hydrogen-bond donors (Lipinski definition) is 2. The Labute approximate surface area is 126 Å². The van der Waals surface area contributed by atoms with E-state index in [0.717, 1.165) is 4.88 Å². The van der Waals surface area contributed by atoms with E-state index in [1.165, 1.54) is 11.3 Å². The molecular formula is C14H15N3O3S. The molecule has 0 radical (unpaired) electrons. The number of hydrogen-bond acceptors (Lipinski definition) is 5. The van der Waals surface area contributed by atoms with Gasteiger partial charge in [-0.15, -0.1) is 11.3 Å². The highest BCUT2D eigenvalue weighted by Crippen LogP contribution is 2.15. The maximum Gasteiger partial charge on any atom is 0.256 e. The van der Waals surface area contributed by atoms with Gasteiger partial charge in [-0.2, -0.15) is 5.10 Å². The van der Waals surface area contributed by atoms with Gasteiger partial charge in [-0.1, -0.05) is 11.8 Å². The number of carbonyl (C=O) groups excluding carboxylic acids is 1. The fourth-order valence-electron chi connectivity index (χ4n) is 1.59. The first-order valence-electron chi connectivity index (χ1n) is 6.24. The highest BCUT2D eigenvalue weighted by atomic mass is 32.1. The molecule has 2 heterocycles. The van der Waals surface area contributed by atoms with Gasteiger partial charge < -0.3 is 15.2 Å². The van der Waals surface area contributed by atoms with Crippen molar-refractivity contribution in [3.05, 3.63) is 34.3 Å². The van der Waals surface area contributed by atoms with Crippen LogP contribution < -0.4 is 5.32 Å². The van der Waals surface area contributed by atoms with E-state index in [1.807, 2.05) is 0 Å². The van der Waals surface area contributed by atoms with Gasteiger partial charge in [0.1, 0.15) is 6.61 Å². The summed E-state index contributed by atoms with van der Waals surface area (Å²) in [5.74, 6) is 5.10. The third-order valence-electron chi connectivity index (χ3n) is 2.57. The molecule has 21 heavy (non-hydrogen) atoms. The number of carbonyl (C=O) groups is 1. The molecule has 0 saturated carbocycles. The summed E-state index contributed by atoms with van der Waals surface area (Å²) in [5.41, 5.74) is 1.16. The van der Waals surface area contributed by atoms with Crippen LogP contribution in [0, 0.1) is 11.8 Å². The van der Waals surface area contributed by atoms with E-state index in [2.05, 4.69) is 22.3 Å². The Balaban J connectivity index is 1.97. The summed E-state index contributed by atoms with van der Waals surface area (Å²) < 4.78 is 6.66. The smallest absolute Gasteiger partial charge is 0.256 e. The van der Waals surface area contributed by atoms with Gasteiger partial charge in [0.25, 0.3) is 5.91 Å². The number of rotatable bonds is 5. The van der Waals surface area contributed by atoms with Gasteiger partial charge in [0, 0.05) is 18.7 Å². The molecule has 2 aromatic heterocycles. The molecule has 0 spiro atoms. The van der Waals surface area contributed by atoms with E-state index < -0.39 is 0 Å². The second-order valence-electron chi connectivity index (χ2n) is 4.10. The standard InChI is InChI=1S/C14H15N3O3S/c1-20-6-4-17-9-12(8-15-17)16-14(19)11-7-13(21-10-11)3-2-5-18/h7-10,18H,4-6H2,1H3,(H,16,19). The first-order chi connectivity index (χ1) is 10.2. The number of ether oxygens (including phenoxy) is 1. The van der Waals surface area contributed by atoms with Crippen molar-refractivity contribution >= 4 is 22.9 Å². The van der Waals surface area contributed by atoms with Crippen LogP contribution in [0.1, 0.15) is 15.2 Å². The van der Waals surface area contributed by atoms with Crippen LogP contribution in [-0.4, -0.2) is 41.1 Å². The lowest BCUT2D eigenvalue weighted by Crippen LogP contribution is -2.10. The van der Waals surface area contributed by atoms with Crippen molar-refractivity contribution in [1.82, 2.24) is 9.78 Å². The van der Waals surface area contributed by atoms with Crippen LogP contribution in [0.5, 0.6) is 0 Å². The van der Waals surface area contributed by atoms with Crippen molar-refractivity contribution in [3.8, 4) is 11.8 Å². The molecule has 2 N–H and O–H groups in total. The Morgan fingerprint density at radius 1 is 1.62 bits per heavy atom. The van der Waals surface area contributed by atoms with E-state index in [0.29, 0.717) is 24.4 Å². The Morgan fingerprint density at radius 2 is 2.48 bits per heavy atom. The minimum Gasteiger partial charge on any atom is -0.384 e. The molecule has 2 rings (SSSR count). The third-order valence-corrected chi connectivity index (χ3v) is 3.41. The van der Waals surface area contributed by atoms with E-state index in [-0.39, 0.29) is 12.5 Å². The molecule has 0 bridgehead atoms. The van der Waals surface area contributed by atoms with E-state index >= 15 is 0 Å². The monoisotopic (exact) mass is 305 g/mol. The van der Waals surface area contributed by atoms with Crippen LogP contribution >= 0.6 is 11.3 Å². The zero-order chi connectivity index (χ0) is 15.1. The largest absolute Gasteiger partial charge is 0.384 e. The molecule has 110 valence electrons. The number of aliphatic hydroxyl groups is 1. The molecule has 2 aromatic rings. The summed E-state index contributed by atoms with van der Waals surface area (Å²) in [6.45, 7) is 0.998. The number of nitrogens with one attached hydrogen (secondary N) is 1. The van der Waals surface area contributed by atoms with Gasteiger partial charge >= 0.3 is 0 Å². The van der Waals surface area contributed by atoms with Crippen molar-refractivity contribution in [2.75, 3.05) is 25.6 Å². The highest BCUT2D eigenvalue weighted by Gasteiger charge is 2.09. The highest BCUT2D eigenvalue weighted by molar-refractivity contribution is 7.10. The summed E-state index contributed by atoms with van der Waals surface area (Å²) >= 11 is 1.36. The predicted molar refractivity (Wildman–Crippen MR) is 80.3 cm³/mol. The van der Waals surface area contributed by atoms with Crippen LogP contribution in [0.25, 0.3) is 0 Å². The topological polar surface area (TPSA) is 76.4 Å². The molecule has 0 aromatic carbocycles. The summed E-state index contributed by atoms with van der Waals surface area (Å²) in [6.07, 6.45) is 3.34. The fraction of sp³-hybridized carbons (Fsp3) is 0.286. The second kappa shape index (κ2) is 7.59. The maximum absolute atomic E-state index is 12.1. The van der Waals surface area contributed by atoms with Gasteiger partial charge in [-0.25, -0.2) is 0 Å². The molecule has 0 unspecified atom stereocenters. The molecule has 0 aliphatic carbocycles. The van der Waals surface area contributed by atoms with Crippen LogP contribution in [0.3, 0.4) is 0 Å². The second-order valence-corrected chi connectivity index (χ2v) is 5.01. The van der Waals surface area contributed by atoms with Gasteiger partial charge in [0.15, 0.2) is 0 Å². The van der Waals surface area contributed by atoms with Crippen molar-refractivity contribution in [3.63, 3.8) is 0 Å². The zero-order valence-electron chi connectivity index (χ0n) is 11.5. The van der Waals surface area contributed by atoms with Crippen molar-refractivity contribution in [2.45, 2.75) is 6.54 Å². The van der Waals surface area contributed by atoms with Crippen molar-refractivity contribution < 1.29 is 14.6 Å². The normalized spacial score (nSPS) is 10.0. The predicted octanol–water partition coefficient (Wildman–Crippen LogP) is 1.19. The quantitative estimate of drug-likeness (QED) is 0.814. The molecule has 0 saturated heterocycles. The zero-order valence-corrected chi connectivity index (χ0v) is 12.3. The van der Waals surface area contributed by atoms with Crippen molar-refractivity contribution in [1.29, 1.82) is 0 Å². The number of aliphatic hydroxyl groups excluding tert-OH is 1. The number of nitrogens with zero attached hydrogens (tertiary/aromatic N) is 2. The number of thiophene rings is 1. The minimum absolute atomic E-state index is 0.194. The van der Waals surface area contributed by atoms with E-state index in [1.54, 1.807) is 35.6 Å². The van der Waals surface area contributed by atoms with Gasteiger partial charge in [-0.3, -0.25) is 9.48 Å². The maximum atomic E-state index is 12.1. The fourth-order valence-corrected chi connectivity index (χ4v) is 2.34. The molecular weight excluding hydrogens is 290 g/mol. The van der Waals surface area contributed by atoms with Crippen LogP contribution in [0.2, 0.25) is 0 Å². The summed E-state index contributed by atoms with van der Waals surface area (Å²) in [7, 11) is 1.63. The lowest BCUT2D eigenvalue weighted by atomic mass is 10.3. The van der Waals surface area contributed by atoms with Gasteiger partial charge in [0.2, 0.25) is 0 Å². The summed E-state index contributed by atoms with van der Waals surface area (Å²) in [5, 5.41) is 17.3. The number of amides is 1. The lowest BCUT2D eigenvalue weighted by molar-refractivity contribution is 0.102. The average molecular weight is 305 g/mol. The third kappa shape index (κ3) is 4.43. The minimum atomic E-state index is -0.213. The van der Waals surface area contributed by atoms with Gasteiger partial charge in [-0.05, 0) is 6.07 Å². The SMILES string of the molecule is COCCn1cc(NC(=O)c2csc(C#CCO)c2)cn1. The molecule has 0 aliphatic heterocycles. The summed E-state index contributed by atoms with van der Waals surface area (Å²) in [4.78, 5) is 12.8. The Kier molecular flexibility index (Phi) is 5.51. The van der Waals surface area contributed by atoms with E-state index in [9.17, 15) is 4.79 Å². The first-order valence-corrected chi connectivity index (χ1v) is 7.12. The Hall–Kier alpha value is -2.14. The van der Waals surface area contributed by atoms with Crippen LogP contribution in [0.15, 0.2) is 23.8 Å². The van der Waals surface area contributed by atoms with Crippen molar-refractivity contribution in [2.24, 2.45) is 0 Å². The van der Waals surface area contributed by atoms with Crippen LogP contribution in [0.4, 0.5) is 5.69 Å². The molecule has 7 heteroatoms.